The molecule has 1 atom stereocenters. The average molecular weight is 236 g/mol. The largest absolute Gasteiger partial charge is 0.388 e. The molecule has 17 heavy (non-hydrogen) atoms. The monoisotopic (exact) mass is 236 g/mol. The Morgan fingerprint density at radius 3 is 2.47 bits per heavy atom. The van der Waals surface area contributed by atoms with Crippen molar-refractivity contribution in [2.75, 3.05) is 0 Å². The molecule has 0 bridgehead atoms. The van der Waals surface area contributed by atoms with E-state index in [2.05, 4.69) is 0 Å². The van der Waals surface area contributed by atoms with Crippen LogP contribution < -0.4 is 0 Å². The van der Waals surface area contributed by atoms with Gasteiger partial charge in [0.2, 0.25) is 0 Å². The fraction of sp³-hybridized carbons (Fsp3) is 0.600. The van der Waals surface area contributed by atoms with Gasteiger partial charge >= 0.3 is 0 Å². The van der Waals surface area contributed by atoms with Crippen LogP contribution in [0.4, 0.5) is 4.39 Å². The second-order valence-corrected chi connectivity index (χ2v) is 5.17. The molecule has 1 aliphatic rings. The second-order valence-electron chi connectivity index (χ2n) is 5.17. The van der Waals surface area contributed by atoms with E-state index in [1.54, 1.807) is 19.1 Å². The van der Waals surface area contributed by atoms with Crippen LogP contribution in [0.2, 0.25) is 0 Å². The number of hydrogen-bond donors (Lipinski definition) is 1. The third-order valence-electron chi connectivity index (χ3n) is 3.89. The molecule has 1 saturated carbocycles. The van der Waals surface area contributed by atoms with Gasteiger partial charge < -0.3 is 5.11 Å². The maximum absolute atomic E-state index is 13.9. The maximum atomic E-state index is 13.9. The highest BCUT2D eigenvalue weighted by atomic mass is 19.1. The number of hydrogen-bond acceptors (Lipinski definition) is 1. The van der Waals surface area contributed by atoms with Crippen molar-refractivity contribution >= 4 is 0 Å². The SMILES string of the molecule is Cc1cccc(C(O)C2CCCCCC2)c1F. The van der Waals surface area contributed by atoms with Crippen molar-refractivity contribution in [3.63, 3.8) is 0 Å². The molecule has 1 unspecified atom stereocenters. The highest BCUT2D eigenvalue weighted by Crippen LogP contribution is 2.34. The predicted molar refractivity (Wildman–Crippen MR) is 67.3 cm³/mol. The number of aliphatic hydroxyl groups excluding tert-OH is 1. The van der Waals surface area contributed by atoms with E-state index < -0.39 is 6.10 Å². The molecule has 1 aromatic carbocycles. The Labute approximate surface area is 103 Å². The van der Waals surface area contributed by atoms with E-state index in [1.165, 1.54) is 12.8 Å². The predicted octanol–water partition coefficient (Wildman–Crippen LogP) is 4.14. The van der Waals surface area contributed by atoms with Crippen LogP contribution in [0.15, 0.2) is 18.2 Å². The van der Waals surface area contributed by atoms with E-state index >= 15 is 0 Å². The number of aliphatic hydroxyl groups is 1. The van der Waals surface area contributed by atoms with Gasteiger partial charge in [-0.05, 0) is 31.2 Å². The molecule has 0 aliphatic heterocycles. The molecule has 1 N–H and O–H groups in total. The fourth-order valence-corrected chi connectivity index (χ4v) is 2.78. The zero-order chi connectivity index (χ0) is 12.3. The van der Waals surface area contributed by atoms with Crippen molar-refractivity contribution in [2.24, 2.45) is 5.92 Å². The summed E-state index contributed by atoms with van der Waals surface area (Å²) in [5.41, 5.74) is 1.10. The molecule has 0 saturated heterocycles. The van der Waals surface area contributed by atoms with Gasteiger partial charge in [-0.3, -0.25) is 0 Å². The average Bonchev–Trinajstić information content (AvgIpc) is 2.60. The van der Waals surface area contributed by atoms with E-state index in [-0.39, 0.29) is 11.7 Å². The van der Waals surface area contributed by atoms with Crippen LogP contribution in [-0.4, -0.2) is 5.11 Å². The summed E-state index contributed by atoms with van der Waals surface area (Å²) in [6, 6.07) is 5.30. The van der Waals surface area contributed by atoms with E-state index in [4.69, 9.17) is 0 Å². The molecule has 1 aliphatic carbocycles. The smallest absolute Gasteiger partial charge is 0.131 e. The van der Waals surface area contributed by atoms with Crippen LogP contribution in [0.25, 0.3) is 0 Å². The fourth-order valence-electron chi connectivity index (χ4n) is 2.78. The quantitative estimate of drug-likeness (QED) is 0.765. The van der Waals surface area contributed by atoms with Crippen LogP contribution in [0.5, 0.6) is 0 Å². The molecule has 1 nitrogen and oxygen atoms in total. The van der Waals surface area contributed by atoms with Gasteiger partial charge in [-0.25, -0.2) is 4.39 Å². The van der Waals surface area contributed by atoms with E-state index in [0.29, 0.717) is 11.1 Å². The minimum Gasteiger partial charge on any atom is -0.388 e. The molecule has 2 rings (SSSR count). The standard InChI is InChI=1S/C15H21FO/c1-11-7-6-10-13(14(11)16)15(17)12-8-4-2-3-5-9-12/h6-7,10,12,15,17H,2-5,8-9H2,1H3. The van der Waals surface area contributed by atoms with E-state index in [9.17, 15) is 9.50 Å². The molecule has 0 amide bonds. The molecular formula is C15H21FO. The zero-order valence-electron chi connectivity index (χ0n) is 10.5. The van der Waals surface area contributed by atoms with Crippen molar-refractivity contribution in [2.45, 2.75) is 51.6 Å². The lowest BCUT2D eigenvalue weighted by Crippen LogP contribution is -2.14. The van der Waals surface area contributed by atoms with Gasteiger partial charge in [0.05, 0.1) is 6.10 Å². The minimum absolute atomic E-state index is 0.230. The summed E-state index contributed by atoms with van der Waals surface area (Å²) < 4.78 is 13.9. The van der Waals surface area contributed by atoms with E-state index in [1.807, 2.05) is 6.07 Å². The number of halogens is 1. The first-order valence-electron chi connectivity index (χ1n) is 6.63. The number of rotatable bonds is 2. The molecular weight excluding hydrogens is 215 g/mol. The van der Waals surface area contributed by atoms with Crippen molar-refractivity contribution in [1.29, 1.82) is 0 Å². The first kappa shape index (κ1) is 12.6. The van der Waals surface area contributed by atoms with Crippen molar-refractivity contribution < 1.29 is 9.50 Å². The molecule has 0 heterocycles. The van der Waals surface area contributed by atoms with Gasteiger partial charge in [0, 0.05) is 5.56 Å². The van der Waals surface area contributed by atoms with E-state index in [0.717, 1.165) is 25.7 Å². The Balaban J connectivity index is 2.17. The van der Waals surface area contributed by atoms with Gasteiger partial charge in [0.25, 0.3) is 0 Å². The first-order chi connectivity index (χ1) is 8.20. The summed E-state index contributed by atoms with van der Waals surface area (Å²) in [4.78, 5) is 0. The lowest BCUT2D eigenvalue weighted by molar-refractivity contribution is 0.0951. The van der Waals surface area contributed by atoms with Crippen LogP contribution in [-0.2, 0) is 0 Å². The molecule has 1 fully saturated rings. The van der Waals surface area contributed by atoms with Gasteiger partial charge in [-0.2, -0.15) is 0 Å². The zero-order valence-corrected chi connectivity index (χ0v) is 10.5. The summed E-state index contributed by atoms with van der Waals surface area (Å²) in [6.45, 7) is 1.75. The Kier molecular flexibility index (Phi) is 4.16. The Bertz CT molecular complexity index is 367. The Morgan fingerprint density at radius 1 is 1.18 bits per heavy atom. The molecule has 1 aromatic rings. The van der Waals surface area contributed by atoms with Crippen molar-refractivity contribution in [3.8, 4) is 0 Å². The van der Waals surface area contributed by atoms with Gasteiger partial charge in [-0.1, -0.05) is 43.9 Å². The van der Waals surface area contributed by atoms with Crippen LogP contribution in [0, 0.1) is 18.7 Å². The molecule has 0 spiro atoms. The van der Waals surface area contributed by atoms with Gasteiger partial charge in [0.15, 0.2) is 0 Å². The second kappa shape index (κ2) is 5.63. The minimum atomic E-state index is -0.631. The molecule has 2 heteroatoms. The summed E-state index contributed by atoms with van der Waals surface area (Å²) in [5, 5.41) is 10.3. The maximum Gasteiger partial charge on any atom is 0.131 e. The number of aryl methyl sites for hydroxylation is 1. The van der Waals surface area contributed by atoms with Gasteiger partial charge in [0.1, 0.15) is 5.82 Å². The molecule has 0 radical (unpaired) electrons. The summed E-state index contributed by atoms with van der Waals surface area (Å²) in [5.74, 6) is -0.00181. The first-order valence-corrected chi connectivity index (χ1v) is 6.63. The Morgan fingerprint density at radius 2 is 1.82 bits per heavy atom. The number of benzene rings is 1. The Hall–Kier alpha value is -0.890. The topological polar surface area (TPSA) is 20.2 Å². The molecule has 94 valence electrons. The lowest BCUT2D eigenvalue weighted by Gasteiger charge is -2.22. The van der Waals surface area contributed by atoms with Crippen molar-refractivity contribution in [1.82, 2.24) is 0 Å². The normalized spacial score (nSPS) is 19.9. The third kappa shape index (κ3) is 2.86. The summed E-state index contributed by atoms with van der Waals surface area (Å²) >= 11 is 0. The highest BCUT2D eigenvalue weighted by Gasteiger charge is 2.24. The van der Waals surface area contributed by atoms with Gasteiger partial charge in [-0.15, -0.1) is 0 Å². The molecule has 0 aromatic heterocycles. The lowest BCUT2D eigenvalue weighted by atomic mass is 9.88. The van der Waals surface area contributed by atoms with Crippen LogP contribution >= 0.6 is 0 Å². The van der Waals surface area contributed by atoms with Crippen LogP contribution in [0.3, 0.4) is 0 Å². The summed E-state index contributed by atoms with van der Waals surface area (Å²) in [7, 11) is 0. The highest BCUT2D eigenvalue weighted by molar-refractivity contribution is 5.27. The van der Waals surface area contributed by atoms with Crippen LogP contribution in [0.1, 0.15) is 55.8 Å². The van der Waals surface area contributed by atoms with Crippen molar-refractivity contribution in [3.05, 3.63) is 35.1 Å². The third-order valence-corrected chi connectivity index (χ3v) is 3.89. The summed E-state index contributed by atoms with van der Waals surface area (Å²) in [6.07, 6.45) is 6.24.